The highest BCUT2D eigenvalue weighted by Gasteiger charge is 2.19. The van der Waals surface area contributed by atoms with Crippen LogP contribution >= 0.6 is 0 Å². The SMILES string of the molecule is O=S(=O)(O)c1ccc(Oc2ccc3c4c(cccc24)Cc2ccccc2-3)cc1. The van der Waals surface area contributed by atoms with Crippen LogP contribution < -0.4 is 4.74 Å². The van der Waals surface area contributed by atoms with Gasteiger partial charge < -0.3 is 4.74 Å². The van der Waals surface area contributed by atoms with E-state index in [-0.39, 0.29) is 4.90 Å². The van der Waals surface area contributed by atoms with Crippen LogP contribution in [0, 0.1) is 0 Å². The van der Waals surface area contributed by atoms with Gasteiger partial charge in [-0.3, -0.25) is 4.55 Å². The molecule has 1 N–H and O–H groups in total. The Hall–Kier alpha value is -3.15. The number of rotatable bonds is 3. The van der Waals surface area contributed by atoms with Crippen LogP contribution in [0.1, 0.15) is 11.1 Å². The zero-order valence-electron chi connectivity index (χ0n) is 14.8. The Morgan fingerprint density at radius 2 is 1.50 bits per heavy atom. The lowest BCUT2D eigenvalue weighted by Crippen LogP contribution is -2.01. The molecule has 138 valence electrons. The van der Waals surface area contributed by atoms with Crippen molar-refractivity contribution in [2.75, 3.05) is 0 Å². The number of benzene rings is 4. The van der Waals surface area contributed by atoms with Gasteiger partial charge in [-0.1, -0.05) is 48.5 Å². The first kappa shape index (κ1) is 17.0. The highest BCUT2D eigenvalue weighted by molar-refractivity contribution is 7.85. The molecular formula is C23H16O4S. The summed E-state index contributed by atoms with van der Waals surface area (Å²) in [6.07, 6.45) is 0.882. The standard InChI is InChI=1S/C23H16O4S/c24-28(25,26)18-10-8-17(9-11-18)27-22-13-12-20-19-6-2-1-4-15(19)14-16-5-3-7-21(22)23(16)20/h1-13H,14H2,(H,24,25,26). The van der Waals surface area contributed by atoms with E-state index >= 15 is 0 Å². The molecule has 4 aromatic carbocycles. The fourth-order valence-corrected chi connectivity index (χ4v) is 4.35. The lowest BCUT2D eigenvalue weighted by Gasteiger charge is -2.22. The molecule has 0 bridgehead atoms. The van der Waals surface area contributed by atoms with Crippen LogP contribution in [-0.2, 0) is 16.5 Å². The van der Waals surface area contributed by atoms with Crippen LogP contribution in [0.3, 0.4) is 0 Å². The van der Waals surface area contributed by atoms with E-state index in [1.54, 1.807) is 0 Å². The Morgan fingerprint density at radius 3 is 2.29 bits per heavy atom. The fraction of sp³-hybridized carbons (Fsp3) is 0.0435. The first-order valence-corrected chi connectivity index (χ1v) is 10.3. The van der Waals surface area contributed by atoms with Gasteiger partial charge in [0.15, 0.2) is 0 Å². The van der Waals surface area contributed by atoms with Gasteiger partial charge in [-0.25, -0.2) is 0 Å². The number of ether oxygens (including phenoxy) is 1. The molecule has 5 heteroatoms. The van der Waals surface area contributed by atoms with E-state index in [4.69, 9.17) is 9.29 Å². The summed E-state index contributed by atoms with van der Waals surface area (Å²) < 4.78 is 37.6. The maximum absolute atomic E-state index is 11.2. The van der Waals surface area contributed by atoms with E-state index in [0.717, 1.165) is 11.8 Å². The Kier molecular flexibility index (Phi) is 3.75. The highest BCUT2D eigenvalue weighted by Crippen LogP contribution is 2.43. The van der Waals surface area contributed by atoms with Crippen LogP contribution in [0.15, 0.2) is 83.8 Å². The molecule has 28 heavy (non-hydrogen) atoms. The monoisotopic (exact) mass is 388 g/mol. The minimum absolute atomic E-state index is 0.159. The average Bonchev–Trinajstić information content (AvgIpc) is 2.69. The smallest absolute Gasteiger partial charge is 0.294 e. The van der Waals surface area contributed by atoms with Crippen molar-refractivity contribution in [3.8, 4) is 22.6 Å². The zero-order valence-corrected chi connectivity index (χ0v) is 15.6. The summed E-state index contributed by atoms with van der Waals surface area (Å²) in [5.41, 5.74) is 5.02. The Morgan fingerprint density at radius 1 is 0.750 bits per heavy atom. The summed E-state index contributed by atoms with van der Waals surface area (Å²) in [6, 6.07) is 24.4. The summed E-state index contributed by atoms with van der Waals surface area (Å²) in [5.74, 6) is 1.21. The lowest BCUT2D eigenvalue weighted by atomic mass is 9.83. The molecule has 5 rings (SSSR count). The van der Waals surface area contributed by atoms with Crippen molar-refractivity contribution in [2.45, 2.75) is 11.3 Å². The third kappa shape index (κ3) is 2.76. The third-order valence-corrected chi connectivity index (χ3v) is 5.99. The molecule has 0 saturated heterocycles. The Balaban J connectivity index is 1.61. The molecule has 4 aromatic rings. The second kappa shape index (κ2) is 6.19. The van der Waals surface area contributed by atoms with Crippen molar-refractivity contribution in [1.82, 2.24) is 0 Å². The zero-order chi connectivity index (χ0) is 19.3. The molecule has 0 fully saturated rings. The molecule has 0 amide bonds. The number of fused-ring (bicyclic) bond motifs is 2. The van der Waals surface area contributed by atoms with Gasteiger partial charge in [0.25, 0.3) is 10.1 Å². The van der Waals surface area contributed by atoms with Crippen LogP contribution in [0.2, 0.25) is 0 Å². The minimum Gasteiger partial charge on any atom is -0.457 e. The van der Waals surface area contributed by atoms with E-state index in [1.165, 1.54) is 51.9 Å². The van der Waals surface area contributed by atoms with Crippen LogP contribution in [0.5, 0.6) is 11.5 Å². The van der Waals surface area contributed by atoms with Crippen LogP contribution in [0.4, 0.5) is 0 Å². The molecule has 0 unspecified atom stereocenters. The quantitative estimate of drug-likeness (QED) is 0.418. The Labute approximate surface area is 162 Å². The molecule has 1 aliphatic carbocycles. The predicted octanol–water partition coefficient (Wildman–Crippen LogP) is 5.45. The molecule has 0 saturated carbocycles. The van der Waals surface area contributed by atoms with Crippen LogP contribution in [-0.4, -0.2) is 13.0 Å². The first-order chi connectivity index (χ1) is 13.5. The van der Waals surface area contributed by atoms with Crippen LogP contribution in [0.25, 0.3) is 21.9 Å². The van der Waals surface area contributed by atoms with Gasteiger partial charge in [0.1, 0.15) is 11.5 Å². The van der Waals surface area contributed by atoms with Crippen molar-refractivity contribution >= 4 is 20.9 Å². The second-order valence-electron chi connectivity index (χ2n) is 6.83. The second-order valence-corrected chi connectivity index (χ2v) is 8.25. The summed E-state index contributed by atoms with van der Waals surface area (Å²) in [5, 5.41) is 2.21. The van der Waals surface area contributed by atoms with Gasteiger partial charge >= 0.3 is 0 Å². The largest absolute Gasteiger partial charge is 0.457 e. The summed E-state index contributed by atoms with van der Waals surface area (Å²) >= 11 is 0. The van der Waals surface area contributed by atoms with Gasteiger partial charge in [-0.15, -0.1) is 0 Å². The molecule has 0 atom stereocenters. The molecular weight excluding hydrogens is 372 g/mol. The molecule has 0 aliphatic heterocycles. The first-order valence-electron chi connectivity index (χ1n) is 8.89. The van der Waals surface area contributed by atoms with E-state index in [0.29, 0.717) is 11.5 Å². The van der Waals surface area contributed by atoms with E-state index in [1.807, 2.05) is 18.2 Å². The Bertz CT molecular complexity index is 1320. The van der Waals surface area contributed by atoms with E-state index < -0.39 is 10.1 Å². The summed E-state index contributed by atoms with van der Waals surface area (Å²) in [6.45, 7) is 0. The number of hydrogen-bond acceptors (Lipinski definition) is 3. The molecule has 0 aromatic heterocycles. The molecule has 0 heterocycles. The lowest BCUT2D eigenvalue weighted by molar-refractivity contribution is 0.480. The molecule has 0 spiro atoms. The van der Waals surface area contributed by atoms with E-state index in [9.17, 15) is 8.42 Å². The normalized spacial score (nSPS) is 12.6. The van der Waals surface area contributed by atoms with Gasteiger partial charge in [-0.05, 0) is 64.4 Å². The molecule has 4 nitrogen and oxygen atoms in total. The molecule has 0 radical (unpaired) electrons. The average molecular weight is 388 g/mol. The fourth-order valence-electron chi connectivity index (χ4n) is 3.87. The van der Waals surface area contributed by atoms with Gasteiger partial charge in [0.2, 0.25) is 0 Å². The van der Waals surface area contributed by atoms with Crippen molar-refractivity contribution in [2.24, 2.45) is 0 Å². The maximum Gasteiger partial charge on any atom is 0.294 e. The van der Waals surface area contributed by atoms with Gasteiger partial charge in [0, 0.05) is 5.39 Å². The summed E-state index contributed by atoms with van der Waals surface area (Å²) in [4.78, 5) is -0.159. The summed E-state index contributed by atoms with van der Waals surface area (Å²) in [7, 11) is -4.22. The predicted molar refractivity (Wildman–Crippen MR) is 109 cm³/mol. The topological polar surface area (TPSA) is 63.6 Å². The van der Waals surface area contributed by atoms with E-state index in [2.05, 4.69) is 36.4 Å². The minimum atomic E-state index is -4.22. The highest BCUT2D eigenvalue weighted by atomic mass is 32.2. The van der Waals surface area contributed by atoms with Gasteiger partial charge in [0.05, 0.1) is 4.90 Å². The number of hydrogen-bond donors (Lipinski definition) is 1. The van der Waals surface area contributed by atoms with Crippen molar-refractivity contribution in [1.29, 1.82) is 0 Å². The van der Waals surface area contributed by atoms with Crippen molar-refractivity contribution in [3.63, 3.8) is 0 Å². The van der Waals surface area contributed by atoms with Crippen molar-refractivity contribution in [3.05, 3.63) is 90.0 Å². The third-order valence-electron chi connectivity index (χ3n) is 5.12. The maximum atomic E-state index is 11.2. The van der Waals surface area contributed by atoms with Gasteiger partial charge in [-0.2, -0.15) is 8.42 Å². The van der Waals surface area contributed by atoms with Crippen molar-refractivity contribution < 1.29 is 17.7 Å². The molecule has 1 aliphatic rings.